The first-order valence-corrected chi connectivity index (χ1v) is 8.49. The molecule has 1 aliphatic heterocycles. The number of benzene rings is 2. The minimum atomic E-state index is -4.74. The number of nitrogens with two attached hydrogens (primary N) is 1. The number of carbonyl (C=O) groups excluding carboxylic acids is 1. The summed E-state index contributed by atoms with van der Waals surface area (Å²) in [4.78, 5) is 14.2. The molecule has 0 unspecified atom stereocenters. The highest BCUT2D eigenvalue weighted by atomic mass is 19.4. The molecule has 2 atom stereocenters. The van der Waals surface area contributed by atoms with Crippen LogP contribution in [0.5, 0.6) is 5.75 Å². The van der Waals surface area contributed by atoms with E-state index in [1.165, 1.54) is 12.1 Å². The van der Waals surface area contributed by atoms with Crippen molar-refractivity contribution in [3.05, 3.63) is 60.2 Å². The van der Waals surface area contributed by atoms with Crippen LogP contribution in [-0.4, -0.2) is 42.8 Å². The van der Waals surface area contributed by atoms with E-state index in [-0.39, 0.29) is 30.2 Å². The smallest absolute Gasteiger partial charge is 0.406 e. The lowest BCUT2D eigenvalue weighted by molar-refractivity contribution is -0.274. The predicted octanol–water partition coefficient (Wildman–Crippen LogP) is 2.95. The van der Waals surface area contributed by atoms with Crippen LogP contribution in [0.3, 0.4) is 0 Å². The highest BCUT2D eigenvalue weighted by molar-refractivity contribution is 5.92. The number of carbonyl (C=O) groups is 1. The van der Waals surface area contributed by atoms with E-state index in [0.29, 0.717) is 18.8 Å². The first-order chi connectivity index (χ1) is 12.8. The van der Waals surface area contributed by atoms with Gasteiger partial charge in [0.05, 0.1) is 6.54 Å². The van der Waals surface area contributed by atoms with Gasteiger partial charge in [0.2, 0.25) is 5.91 Å². The van der Waals surface area contributed by atoms with E-state index >= 15 is 0 Å². The lowest BCUT2D eigenvalue weighted by Crippen LogP contribution is -2.33. The van der Waals surface area contributed by atoms with Crippen LogP contribution in [0.4, 0.5) is 18.9 Å². The highest BCUT2D eigenvalue weighted by Crippen LogP contribution is 2.26. The first-order valence-electron chi connectivity index (χ1n) is 8.49. The second kappa shape index (κ2) is 7.98. The molecule has 2 aromatic rings. The monoisotopic (exact) mass is 379 g/mol. The Labute approximate surface area is 154 Å². The molecule has 2 aromatic carbocycles. The molecule has 1 aliphatic rings. The van der Waals surface area contributed by atoms with E-state index in [2.05, 4.69) is 10.1 Å². The second-order valence-electron chi connectivity index (χ2n) is 6.50. The minimum Gasteiger partial charge on any atom is -0.406 e. The number of amides is 1. The molecular weight excluding hydrogens is 359 g/mol. The number of halogens is 3. The normalized spacial score (nSPS) is 20.4. The summed E-state index contributed by atoms with van der Waals surface area (Å²) in [7, 11) is 0. The van der Waals surface area contributed by atoms with Crippen molar-refractivity contribution in [2.24, 2.45) is 5.73 Å². The fraction of sp³-hybridized carbons (Fsp3) is 0.316. The summed E-state index contributed by atoms with van der Waals surface area (Å²) in [6.07, 6.45) is -4.74. The summed E-state index contributed by atoms with van der Waals surface area (Å²) < 4.78 is 40.3. The number of nitrogens with zero attached hydrogens (tertiary/aromatic N) is 1. The number of alkyl halides is 3. The molecule has 0 saturated carbocycles. The fourth-order valence-corrected chi connectivity index (χ4v) is 3.24. The van der Waals surface area contributed by atoms with Crippen LogP contribution in [0.25, 0.3) is 0 Å². The van der Waals surface area contributed by atoms with Gasteiger partial charge in [0.25, 0.3) is 0 Å². The van der Waals surface area contributed by atoms with Crippen molar-refractivity contribution in [1.82, 2.24) is 4.90 Å². The standard InChI is InChI=1S/C19H20F3N3O2/c20-19(21,22)27-15-8-6-14(7-9-15)24-18(26)12-25-10-16(17(23)11-25)13-4-2-1-3-5-13/h1-9,16-17H,10-12,23H2,(H,24,26)/t16-,17+/m0/s1. The Morgan fingerprint density at radius 2 is 1.78 bits per heavy atom. The average Bonchev–Trinajstić information content (AvgIpc) is 2.96. The van der Waals surface area contributed by atoms with Gasteiger partial charge in [-0.1, -0.05) is 30.3 Å². The Hall–Kier alpha value is -2.58. The average molecular weight is 379 g/mol. The van der Waals surface area contributed by atoms with E-state index < -0.39 is 6.36 Å². The summed E-state index contributed by atoms with van der Waals surface area (Å²) in [5, 5.41) is 2.67. The van der Waals surface area contributed by atoms with Crippen molar-refractivity contribution >= 4 is 11.6 Å². The van der Waals surface area contributed by atoms with Crippen molar-refractivity contribution in [3.63, 3.8) is 0 Å². The number of rotatable bonds is 5. The molecule has 1 fully saturated rings. The van der Waals surface area contributed by atoms with Gasteiger partial charge in [-0.15, -0.1) is 13.2 Å². The van der Waals surface area contributed by atoms with Gasteiger partial charge in [0, 0.05) is 30.7 Å². The van der Waals surface area contributed by atoms with E-state index in [9.17, 15) is 18.0 Å². The quantitative estimate of drug-likeness (QED) is 0.838. The Kier molecular flexibility index (Phi) is 5.67. The number of anilines is 1. The van der Waals surface area contributed by atoms with Gasteiger partial charge in [-0.3, -0.25) is 9.69 Å². The Balaban J connectivity index is 1.52. The zero-order chi connectivity index (χ0) is 19.4. The molecule has 144 valence electrons. The van der Waals surface area contributed by atoms with E-state index in [1.807, 2.05) is 35.2 Å². The molecule has 3 N–H and O–H groups in total. The third-order valence-corrected chi connectivity index (χ3v) is 4.41. The molecule has 27 heavy (non-hydrogen) atoms. The molecule has 0 bridgehead atoms. The zero-order valence-electron chi connectivity index (χ0n) is 14.4. The summed E-state index contributed by atoms with van der Waals surface area (Å²) >= 11 is 0. The lowest BCUT2D eigenvalue weighted by atomic mass is 9.95. The molecule has 1 amide bonds. The number of likely N-dealkylation sites (tertiary alicyclic amines) is 1. The van der Waals surface area contributed by atoms with Crippen molar-refractivity contribution in [2.45, 2.75) is 18.3 Å². The number of hydrogen-bond acceptors (Lipinski definition) is 4. The van der Waals surface area contributed by atoms with Gasteiger partial charge in [0.15, 0.2) is 0 Å². The third kappa shape index (κ3) is 5.45. The first kappa shape index (κ1) is 19.2. The molecule has 1 saturated heterocycles. The van der Waals surface area contributed by atoms with Crippen LogP contribution in [0.15, 0.2) is 54.6 Å². The van der Waals surface area contributed by atoms with Crippen molar-refractivity contribution in [3.8, 4) is 5.75 Å². The molecule has 0 radical (unpaired) electrons. The number of nitrogens with one attached hydrogen (secondary N) is 1. The molecule has 5 nitrogen and oxygen atoms in total. The third-order valence-electron chi connectivity index (χ3n) is 4.41. The molecule has 0 aliphatic carbocycles. The van der Waals surface area contributed by atoms with Crippen LogP contribution in [0.2, 0.25) is 0 Å². The maximum Gasteiger partial charge on any atom is 0.573 e. The zero-order valence-corrected chi connectivity index (χ0v) is 14.4. The predicted molar refractivity (Wildman–Crippen MR) is 95.4 cm³/mol. The maximum atomic E-state index is 12.2. The van der Waals surface area contributed by atoms with Crippen LogP contribution < -0.4 is 15.8 Å². The summed E-state index contributed by atoms with van der Waals surface area (Å²) in [6.45, 7) is 1.44. The van der Waals surface area contributed by atoms with Crippen molar-refractivity contribution < 1.29 is 22.7 Å². The second-order valence-corrected chi connectivity index (χ2v) is 6.50. The number of ether oxygens (including phenoxy) is 1. The molecule has 0 spiro atoms. The summed E-state index contributed by atoms with van der Waals surface area (Å²) in [5.41, 5.74) is 7.76. The molecule has 0 aromatic heterocycles. The van der Waals surface area contributed by atoms with Gasteiger partial charge in [0.1, 0.15) is 5.75 Å². The van der Waals surface area contributed by atoms with Gasteiger partial charge in [-0.05, 0) is 29.8 Å². The summed E-state index contributed by atoms with van der Waals surface area (Å²) in [5.74, 6) is -0.421. The Morgan fingerprint density at radius 1 is 1.11 bits per heavy atom. The van der Waals surface area contributed by atoms with Crippen LogP contribution in [0, 0.1) is 0 Å². The molecular formula is C19H20F3N3O2. The number of hydrogen-bond donors (Lipinski definition) is 2. The van der Waals surface area contributed by atoms with Crippen LogP contribution >= 0.6 is 0 Å². The van der Waals surface area contributed by atoms with E-state index in [1.54, 1.807) is 0 Å². The van der Waals surface area contributed by atoms with Gasteiger partial charge in [-0.2, -0.15) is 0 Å². The van der Waals surface area contributed by atoms with E-state index in [0.717, 1.165) is 17.7 Å². The summed E-state index contributed by atoms with van der Waals surface area (Å²) in [6, 6.07) is 14.9. The SMILES string of the molecule is N[C@@H]1CN(CC(=O)Nc2ccc(OC(F)(F)F)cc2)C[C@H]1c1ccccc1. The van der Waals surface area contributed by atoms with Gasteiger partial charge in [-0.25, -0.2) is 0 Å². The van der Waals surface area contributed by atoms with Crippen LogP contribution in [0.1, 0.15) is 11.5 Å². The van der Waals surface area contributed by atoms with E-state index in [4.69, 9.17) is 5.73 Å². The lowest BCUT2D eigenvalue weighted by Gasteiger charge is -2.16. The molecule has 8 heteroatoms. The van der Waals surface area contributed by atoms with Gasteiger partial charge >= 0.3 is 6.36 Å². The van der Waals surface area contributed by atoms with Crippen LogP contribution in [-0.2, 0) is 4.79 Å². The Morgan fingerprint density at radius 3 is 2.41 bits per heavy atom. The molecule has 3 rings (SSSR count). The topological polar surface area (TPSA) is 67.6 Å². The maximum absolute atomic E-state index is 12.2. The fourth-order valence-electron chi connectivity index (χ4n) is 3.24. The van der Waals surface area contributed by atoms with Gasteiger partial charge < -0.3 is 15.8 Å². The molecule has 1 heterocycles. The van der Waals surface area contributed by atoms with Crippen molar-refractivity contribution in [1.29, 1.82) is 0 Å². The largest absolute Gasteiger partial charge is 0.573 e. The Bertz CT molecular complexity index is 766. The minimum absolute atomic E-state index is 0.0565. The highest BCUT2D eigenvalue weighted by Gasteiger charge is 2.32. The van der Waals surface area contributed by atoms with Crippen molar-refractivity contribution in [2.75, 3.05) is 25.0 Å².